The Bertz CT molecular complexity index is 358. The monoisotopic (exact) mass is 277 g/mol. The fourth-order valence-corrected chi connectivity index (χ4v) is 2.42. The van der Waals surface area contributed by atoms with Gasteiger partial charge in [-0.15, -0.1) is 0 Å². The van der Waals surface area contributed by atoms with Crippen LogP contribution < -0.4 is 15.4 Å². The molecule has 4 nitrogen and oxygen atoms in total. The minimum absolute atomic E-state index is 0.0923. The summed E-state index contributed by atoms with van der Waals surface area (Å²) in [5.74, 6) is 0.939. The number of para-hydroxylation sites is 1. The van der Waals surface area contributed by atoms with E-state index in [9.17, 15) is 0 Å². The third-order valence-electron chi connectivity index (χ3n) is 3.59. The Morgan fingerprint density at radius 1 is 1.05 bits per heavy atom. The molecule has 2 rings (SSSR count). The Labute approximate surface area is 122 Å². The summed E-state index contributed by atoms with van der Waals surface area (Å²) in [4.78, 5) is 2.40. The van der Waals surface area contributed by atoms with Gasteiger partial charge in [-0.1, -0.05) is 18.2 Å². The average molecular weight is 277 g/mol. The van der Waals surface area contributed by atoms with Crippen molar-refractivity contribution in [3.05, 3.63) is 30.3 Å². The van der Waals surface area contributed by atoms with Gasteiger partial charge in [-0.05, 0) is 64.7 Å². The highest BCUT2D eigenvalue weighted by molar-refractivity contribution is 5.21. The predicted molar refractivity (Wildman–Crippen MR) is 83.1 cm³/mol. The first-order chi connectivity index (χ1) is 9.84. The molecular formula is C16H27N3O. The van der Waals surface area contributed by atoms with Gasteiger partial charge in [-0.3, -0.25) is 5.32 Å². The molecule has 0 amide bonds. The van der Waals surface area contributed by atoms with Gasteiger partial charge in [0, 0.05) is 6.42 Å². The molecule has 1 aromatic rings. The molecule has 0 bridgehead atoms. The van der Waals surface area contributed by atoms with Crippen molar-refractivity contribution in [3.63, 3.8) is 0 Å². The van der Waals surface area contributed by atoms with Crippen molar-refractivity contribution < 1.29 is 4.74 Å². The van der Waals surface area contributed by atoms with E-state index in [-0.39, 0.29) is 6.23 Å². The molecule has 1 fully saturated rings. The summed E-state index contributed by atoms with van der Waals surface area (Å²) in [7, 11) is 2.20. The maximum absolute atomic E-state index is 6.02. The van der Waals surface area contributed by atoms with Gasteiger partial charge in [0.05, 0.1) is 0 Å². The molecule has 0 aliphatic carbocycles. The van der Waals surface area contributed by atoms with Crippen molar-refractivity contribution in [2.45, 2.75) is 25.5 Å². The molecule has 4 heteroatoms. The first-order valence-electron chi connectivity index (χ1n) is 7.69. The van der Waals surface area contributed by atoms with Crippen LogP contribution in [0, 0.1) is 0 Å². The quantitative estimate of drug-likeness (QED) is 0.862. The van der Waals surface area contributed by atoms with E-state index >= 15 is 0 Å². The second-order valence-corrected chi connectivity index (χ2v) is 5.42. The van der Waals surface area contributed by atoms with Crippen LogP contribution in [0.5, 0.6) is 5.75 Å². The Balaban J connectivity index is 1.82. The van der Waals surface area contributed by atoms with Gasteiger partial charge in [0.15, 0.2) is 6.23 Å². The summed E-state index contributed by atoms with van der Waals surface area (Å²) in [6.45, 7) is 5.40. The number of ether oxygens (including phenoxy) is 1. The van der Waals surface area contributed by atoms with Crippen LogP contribution in [0.4, 0.5) is 0 Å². The molecule has 1 saturated heterocycles. The second-order valence-electron chi connectivity index (χ2n) is 5.42. The number of nitrogens with zero attached hydrogens (tertiary/aromatic N) is 1. The topological polar surface area (TPSA) is 36.5 Å². The average Bonchev–Trinajstić information content (AvgIpc) is 2.46. The Morgan fingerprint density at radius 3 is 2.60 bits per heavy atom. The van der Waals surface area contributed by atoms with E-state index in [0.717, 1.165) is 38.3 Å². The molecule has 1 aliphatic heterocycles. The van der Waals surface area contributed by atoms with E-state index in [1.807, 2.05) is 30.3 Å². The van der Waals surface area contributed by atoms with Crippen molar-refractivity contribution in [2.24, 2.45) is 0 Å². The van der Waals surface area contributed by atoms with Crippen LogP contribution in [0.1, 0.15) is 19.3 Å². The number of benzene rings is 1. The minimum atomic E-state index is 0.0923. The highest BCUT2D eigenvalue weighted by atomic mass is 16.5. The van der Waals surface area contributed by atoms with Gasteiger partial charge in [0.2, 0.25) is 0 Å². The van der Waals surface area contributed by atoms with Crippen LogP contribution in [0.2, 0.25) is 0 Å². The lowest BCUT2D eigenvalue weighted by Gasteiger charge is -2.23. The molecule has 2 N–H and O–H groups in total. The molecule has 0 aromatic heterocycles. The van der Waals surface area contributed by atoms with Crippen molar-refractivity contribution in [1.29, 1.82) is 0 Å². The number of nitrogens with one attached hydrogen (secondary N) is 2. The second kappa shape index (κ2) is 8.95. The van der Waals surface area contributed by atoms with E-state index in [1.54, 1.807) is 0 Å². The van der Waals surface area contributed by atoms with Crippen LogP contribution in [-0.2, 0) is 0 Å². The van der Waals surface area contributed by atoms with Crippen molar-refractivity contribution >= 4 is 0 Å². The standard InChI is InChI=1S/C16H27N3O/c1-19-13-5-10-17-12-9-16(18-11-6-14-19)20-15-7-3-2-4-8-15/h2-4,7-8,16-18H,5-6,9-14H2,1H3. The lowest BCUT2D eigenvalue weighted by atomic mass is 10.3. The molecule has 0 saturated carbocycles. The smallest absolute Gasteiger partial charge is 0.151 e. The zero-order valence-corrected chi connectivity index (χ0v) is 12.5. The molecular weight excluding hydrogens is 250 g/mol. The van der Waals surface area contributed by atoms with Crippen LogP contribution >= 0.6 is 0 Å². The van der Waals surface area contributed by atoms with Crippen LogP contribution in [0.3, 0.4) is 0 Å². The maximum atomic E-state index is 6.02. The third kappa shape index (κ3) is 5.90. The van der Waals surface area contributed by atoms with Gasteiger partial charge in [0.1, 0.15) is 5.75 Å². The lowest BCUT2D eigenvalue weighted by Crippen LogP contribution is -2.39. The number of hydrogen-bond acceptors (Lipinski definition) is 4. The van der Waals surface area contributed by atoms with Gasteiger partial charge < -0.3 is 15.0 Å². The van der Waals surface area contributed by atoms with Crippen molar-refractivity contribution in [2.75, 3.05) is 39.8 Å². The maximum Gasteiger partial charge on any atom is 0.151 e. The molecule has 1 heterocycles. The number of hydrogen-bond donors (Lipinski definition) is 2. The van der Waals surface area contributed by atoms with Gasteiger partial charge in [-0.2, -0.15) is 0 Å². The minimum Gasteiger partial charge on any atom is -0.475 e. The molecule has 112 valence electrons. The summed E-state index contributed by atoms with van der Waals surface area (Å²) in [6.07, 6.45) is 3.46. The van der Waals surface area contributed by atoms with Crippen LogP contribution in [-0.4, -0.2) is 50.9 Å². The number of rotatable bonds is 2. The summed E-state index contributed by atoms with van der Waals surface area (Å²) >= 11 is 0. The van der Waals surface area contributed by atoms with Crippen LogP contribution in [0.25, 0.3) is 0 Å². The molecule has 1 atom stereocenters. The normalized spacial score (nSPS) is 23.6. The molecule has 1 unspecified atom stereocenters. The Kier molecular flexibility index (Phi) is 6.84. The van der Waals surface area contributed by atoms with Crippen molar-refractivity contribution in [3.8, 4) is 5.75 Å². The van der Waals surface area contributed by atoms with Gasteiger partial charge in [0.25, 0.3) is 0 Å². The highest BCUT2D eigenvalue weighted by Gasteiger charge is 2.10. The zero-order chi connectivity index (χ0) is 14.0. The van der Waals surface area contributed by atoms with E-state index in [4.69, 9.17) is 4.74 Å². The fourth-order valence-electron chi connectivity index (χ4n) is 2.42. The zero-order valence-electron chi connectivity index (χ0n) is 12.5. The SMILES string of the molecule is CN1CCCNCCC(Oc2ccccc2)NCCC1. The third-order valence-corrected chi connectivity index (χ3v) is 3.59. The van der Waals surface area contributed by atoms with E-state index in [2.05, 4.69) is 22.6 Å². The highest BCUT2D eigenvalue weighted by Crippen LogP contribution is 2.11. The van der Waals surface area contributed by atoms with Gasteiger partial charge in [-0.25, -0.2) is 0 Å². The predicted octanol–water partition coefficient (Wildman–Crippen LogP) is 1.69. The fraction of sp³-hybridized carbons (Fsp3) is 0.625. The molecule has 1 aromatic carbocycles. The van der Waals surface area contributed by atoms with Gasteiger partial charge >= 0.3 is 0 Å². The van der Waals surface area contributed by atoms with Crippen LogP contribution in [0.15, 0.2) is 30.3 Å². The first-order valence-corrected chi connectivity index (χ1v) is 7.69. The first kappa shape index (κ1) is 15.3. The van der Waals surface area contributed by atoms with E-state index in [0.29, 0.717) is 0 Å². The molecule has 0 radical (unpaired) electrons. The Morgan fingerprint density at radius 2 is 1.80 bits per heavy atom. The largest absolute Gasteiger partial charge is 0.475 e. The summed E-state index contributed by atoms with van der Waals surface area (Å²) in [6, 6.07) is 10.1. The lowest BCUT2D eigenvalue weighted by molar-refractivity contribution is 0.150. The molecule has 1 aliphatic rings. The van der Waals surface area contributed by atoms with Crippen molar-refractivity contribution in [1.82, 2.24) is 15.5 Å². The van der Waals surface area contributed by atoms with E-state index < -0.39 is 0 Å². The molecule has 20 heavy (non-hydrogen) atoms. The summed E-state index contributed by atoms with van der Waals surface area (Å²) in [5, 5.41) is 7.01. The Hall–Kier alpha value is -1.10. The summed E-state index contributed by atoms with van der Waals surface area (Å²) < 4.78 is 6.02. The summed E-state index contributed by atoms with van der Waals surface area (Å²) in [5.41, 5.74) is 0. The van der Waals surface area contributed by atoms with E-state index in [1.165, 1.54) is 19.4 Å². The molecule has 0 spiro atoms.